The monoisotopic (exact) mass is 195 g/mol. The smallest absolute Gasteiger partial charge is 0 e. The first-order valence-corrected chi connectivity index (χ1v) is 0. The second kappa shape index (κ2) is 968. The topological polar surface area (TPSA) is 189 Å². The van der Waals surface area contributed by atoms with E-state index < -0.39 is 0 Å². The van der Waals surface area contributed by atoms with Crippen LogP contribution in [0.5, 0.6) is 0 Å². The Bertz CT molecular complexity index is 8.49. The van der Waals surface area contributed by atoms with E-state index in [2.05, 4.69) is 0 Å². The molecule has 6 nitrogen and oxygen atoms in total. The summed E-state index contributed by atoms with van der Waals surface area (Å²) >= 11 is 0. The molecule has 0 radical (unpaired) electrons. The van der Waals surface area contributed by atoms with Gasteiger partial charge >= 0.3 is 0 Å². The molecule has 0 aliphatic carbocycles. The van der Waals surface area contributed by atoms with Crippen LogP contribution < -0.4 is 12.4 Å². The zero-order valence-electron chi connectivity index (χ0n) is 3.79. The summed E-state index contributed by atoms with van der Waals surface area (Å²) in [5, 5.41) is 0. The van der Waals surface area contributed by atoms with E-state index in [1.165, 1.54) is 0 Å². The average molecular weight is 196 g/mol. The number of halogens is 1. The second-order valence-electron chi connectivity index (χ2n) is 0. The van der Waals surface area contributed by atoms with Gasteiger partial charge in [0.2, 0.25) is 0 Å². The third kappa shape index (κ3) is 605. The first-order valence-electron chi connectivity index (χ1n) is 0. The molecule has 0 heterocycles. The molecule has 0 atom stereocenters. The van der Waals surface area contributed by atoms with Crippen molar-refractivity contribution < 1.29 is 62.6 Å². The maximum Gasteiger partial charge on any atom is 0 e. The molecule has 0 aromatic heterocycles. The van der Waals surface area contributed by atoms with Gasteiger partial charge in [0, 0.05) is 17.4 Å². The molecule has 0 spiro atoms. The maximum absolute atomic E-state index is 0. The van der Waals surface area contributed by atoms with E-state index in [0.29, 0.717) is 0 Å². The molecule has 8 heavy (non-hydrogen) atoms. The van der Waals surface area contributed by atoms with Crippen LogP contribution in [0.15, 0.2) is 0 Å². The summed E-state index contributed by atoms with van der Waals surface area (Å²) in [4.78, 5) is 0. The molecule has 0 aromatic carbocycles. The minimum atomic E-state index is 0. The molecule has 8 heteroatoms. The van der Waals surface area contributed by atoms with Gasteiger partial charge in [-0.05, 0) is 0 Å². The van der Waals surface area contributed by atoms with Gasteiger partial charge in [-0.3, -0.25) is 0 Å². The molecule has 62 valence electrons. The molecule has 12 N–H and O–H groups in total. The predicted octanol–water partition coefficient (Wildman–Crippen LogP) is -7.95. The van der Waals surface area contributed by atoms with E-state index in [4.69, 9.17) is 0 Å². The Labute approximate surface area is 63.3 Å². The van der Waals surface area contributed by atoms with E-state index in [1.807, 2.05) is 0 Å². The minimum Gasteiger partial charge on any atom is -1.00 e. The summed E-state index contributed by atoms with van der Waals surface area (Å²) in [5.41, 5.74) is 0. The largest absolute Gasteiger partial charge is 1.00 e. The Kier molecular flexibility index (Phi) is 176000. The molecule has 0 aliphatic rings. The van der Waals surface area contributed by atoms with Gasteiger partial charge in [0.25, 0.3) is 0 Å². The van der Waals surface area contributed by atoms with Crippen LogP contribution in [-0.4, -0.2) is 32.9 Å². The van der Waals surface area contributed by atoms with Crippen LogP contribution in [0.4, 0.5) is 0 Å². The van der Waals surface area contributed by atoms with Crippen molar-refractivity contribution >= 4 is 0 Å². The molecule has 0 saturated heterocycles. The van der Waals surface area contributed by atoms with Crippen molar-refractivity contribution in [1.82, 2.24) is 0 Å². The quantitative estimate of drug-likeness (QED) is 0.355. The van der Waals surface area contributed by atoms with E-state index in [1.54, 1.807) is 0 Å². The minimum absolute atomic E-state index is 0. The number of rotatable bonds is 0. The van der Waals surface area contributed by atoms with Gasteiger partial charge in [0.15, 0.2) is 0 Å². The molecule has 0 rings (SSSR count). The SMILES string of the molecule is O.O.O.O.O.O.[Cl-].[Cr]. The second-order valence-corrected chi connectivity index (χ2v) is 0. The van der Waals surface area contributed by atoms with Gasteiger partial charge in [-0.1, -0.05) is 0 Å². The third-order valence-electron chi connectivity index (χ3n) is 0. The van der Waals surface area contributed by atoms with Crippen LogP contribution in [0.3, 0.4) is 0 Å². The summed E-state index contributed by atoms with van der Waals surface area (Å²) in [6, 6.07) is 0. The molecule has 0 bridgehead atoms. The van der Waals surface area contributed by atoms with Crippen LogP contribution in [0.25, 0.3) is 0 Å². The van der Waals surface area contributed by atoms with Gasteiger partial charge in [0.1, 0.15) is 0 Å². The standard InChI is InChI=1S/ClH.Cr.6H2O/h1H;;6*1H2/p-1. The van der Waals surface area contributed by atoms with Crippen molar-refractivity contribution in [1.29, 1.82) is 0 Å². The van der Waals surface area contributed by atoms with Crippen molar-refractivity contribution in [3.8, 4) is 0 Å². The predicted molar refractivity (Wildman–Crippen MR) is 21.7 cm³/mol. The van der Waals surface area contributed by atoms with Crippen LogP contribution in [0.2, 0.25) is 0 Å². The average Bonchev–Trinajstić information content (AvgIpc) is 0. The maximum atomic E-state index is 0. The summed E-state index contributed by atoms with van der Waals surface area (Å²) < 4.78 is 0. The van der Waals surface area contributed by atoms with E-state index in [0.717, 1.165) is 0 Å². The van der Waals surface area contributed by atoms with Crippen molar-refractivity contribution in [3.63, 3.8) is 0 Å². The van der Waals surface area contributed by atoms with Crippen LogP contribution in [-0.2, 0) is 17.4 Å². The molecule has 0 unspecified atom stereocenters. The van der Waals surface area contributed by atoms with Crippen LogP contribution in [0, 0.1) is 0 Å². The molecule has 0 saturated carbocycles. The fourth-order valence-corrected chi connectivity index (χ4v) is 0. The fourth-order valence-electron chi connectivity index (χ4n) is 0. The molecular formula is H12ClCrO6-. The van der Waals surface area contributed by atoms with Crippen LogP contribution in [0.1, 0.15) is 0 Å². The zero-order valence-corrected chi connectivity index (χ0v) is 5.82. The third-order valence-corrected chi connectivity index (χ3v) is 0. The fraction of sp³-hybridized carbons (Fsp3) is 0. The Hall–Kier alpha value is 0.582. The Morgan fingerprint density at radius 1 is 0.375 bits per heavy atom. The number of hydrogen-bond donors (Lipinski definition) is 0. The molecule has 0 aliphatic heterocycles. The van der Waals surface area contributed by atoms with Gasteiger partial charge in [-0.25, -0.2) is 0 Å². The Morgan fingerprint density at radius 2 is 0.375 bits per heavy atom. The molecule has 0 fully saturated rings. The van der Waals surface area contributed by atoms with Gasteiger partial charge in [-0.15, -0.1) is 0 Å². The Balaban J connectivity index is 0. The van der Waals surface area contributed by atoms with Gasteiger partial charge in [0.05, 0.1) is 0 Å². The van der Waals surface area contributed by atoms with Crippen molar-refractivity contribution in [2.45, 2.75) is 0 Å². The molecule has 0 amide bonds. The molecule has 0 aromatic rings. The summed E-state index contributed by atoms with van der Waals surface area (Å²) in [7, 11) is 0. The number of hydrogen-bond acceptors (Lipinski definition) is 0. The first kappa shape index (κ1) is 1450. The van der Waals surface area contributed by atoms with Crippen LogP contribution >= 0.6 is 0 Å². The van der Waals surface area contributed by atoms with E-state index in [-0.39, 0.29) is 62.6 Å². The zero-order chi connectivity index (χ0) is 0. The Morgan fingerprint density at radius 3 is 0.375 bits per heavy atom. The van der Waals surface area contributed by atoms with E-state index in [9.17, 15) is 0 Å². The first-order chi connectivity index (χ1) is 0. The summed E-state index contributed by atoms with van der Waals surface area (Å²) in [6.07, 6.45) is 0. The molecular weight excluding hydrogens is 183 g/mol. The van der Waals surface area contributed by atoms with Crippen molar-refractivity contribution in [3.05, 3.63) is 0 Å². The summed E-state index contributed by atoms with van der Waals surface area (Å²) in [5.74, 6) is 0. The van der Waals surface area contributed by atoms with Gasteiger partial charge < -0.3 is 45.3 Å². The van der Waals surface area contributed by atoms with Gasteiger partial charge in [-0.2, -0.15) is 0 Å². The summed E-state index contributed by atoms with van der Waals surface area (Å²) in [6.45, 7) is 0. The van der Waals surface area contributed by atoms with Crippen molar-refractivity contribution in [2.24, 2.45) is 0 Å². The normalized spacial score (nSPS) is 0. The van der Waals surface area contributed by atoms with Crippen molar-refractivity contribution in [2.75, 3.05) is 0 Å². The van der Waals surface area contributed by atoms with E-state index >= 15 is 0 Å².